The van der Waals surface area contributed by atoms with Gasteiger partial charge in [0.15, 0.2) is 0 Å². The van der Waals surface area contributed by atoms with Crippen molar-refractivity contribution in [1.29, 1.82) is 0 Å². The highest BCUT2D eigenvalue weighted by Gasteiger charge is 2.30. The number of hydrogen-bond acceptors (Lipinski definition) is 7. The molecule has 0 spiro atoms. The Kier molecular flexibility index (Phi) is 5.51. The van der Waals surface area contributed by atoms with E-state index in [1.165, 1.54) is 36.4 Å². The molecule has 0 aliphatic rings. The number of ether oxygens (including phenoxy) is 1. The highest BCUT2D eigenvalue weighted by Crippen LogP contribution is 2.27. The third-order valence-electron chi connectivity index (χ3n) is 2.93. The van der Waals surface area contributed by atoms with Gasteiger partial charge in [0, 0.05) is 12.5 Å². The molecule has 124 valence electrons. The largest absolute Gasteiger partial charge is 0.508 e. The molecule has 2 aromatic rings. The lowest BCUT2D eigenvalue weighted by Crippen LogP contribution is -2.22. The molecular weight excluding hydrogens is 316 g/mol. The van der Waals surface area contributed by atoms with Crippen molar-refractivity contribution in [2.24, 2.45) is 0 Å². The first-order valence-corrected chi connectivity index (χ1v) is 6.92. The van der Waals surface area contributed by atoms with Crippen LogP contribution in [-0.2, 0) is 24.1 Å². The number of carbonyl (C=O) groups excluding carboxylic acids is 3. The molecule has 0 bridgehead atoms. The third-order valence-corrected chi connectivity index (χ3v) is 2.93. The number of esters is 1. The Balaban J connectivity index is 2.10. The zero-order chi connectivity index (χ0) is 17.5. The van der Waals surface area contributed by atoms with Crippen molar-refractivity contribution in [3.63, 3.8) is 0 Å². The maximum atomic E-state index is 12.1. The van der Waals surface area contributed by atoms with Crippen LogP contribution in [0.4, 0.5) is 0 Å². The topological polar surface area (TPSA) is 99.1 Å². The van der Waals surface area contributed by atoms with Gasteiger partial charge in [-0.25, -0.2) is 19.4 Å². The molecule has 7 nitrogen and oxygen atoms in total. The summed E-state index contributed by atoms with van der Waals surface area (Å²) in [5.74, 6) is -3.08. The number of rotatable bonds is 4. The Morgan fingerprint density at radius 3 is 2.17 bits per heavy atom. The van der Waals surface area contributed by atoms with Crippen LogP contribution in [0.5, 0.6) is 5.75 Å². The Bertz CT molecular complexity index is 740. The van der Waals surface area contributed by atoms with Crippen LogP contribution in [0.1, 0.15) is 28.9 Å². The summed E-state index contributed by atoms with van der Waals surface area (Å²) < 4.78 is 4.85. The lowest BCUT2D eigenvalue weighted by Gasteiger charge is -2.15. The minimum Gasteiger partial charge on any atom is -0.508 e. The number of phenolic OH excluding ortho intramolecular Hbond substituents is 1. The fourth-order valence-electron chi connectivity index (χ4n) is 1.86. The van der Waals surface area contributed by atoms with Crippen LogP contribution in [0.15, 0.2) is 54.6 Å². The molecule has 2 rings (SSSR count). The molecule has 0 aliphatic carbocycles. The Labute approximate surface area is 137 Å². The molecule has 0 radical (unpaired) electrons. The van der Waals surface area contributed by atoms with Gasteiger partial charge >= 0.3 is 17.9 Å². The second kappa shape index (κ2) is 7.77. The van der Waals surface area contributed by atoms with E-state index in [9.17, 15) is 19.5 Å². The van der Waals surface area contributed by atoms with Crippen molar-refractivity contribution in [2.75, 3.05) is 0 Å². The van der Waals surface area contributed by atoms with E-state index in [1.807, 2.05) is 0 Å². The van der Waals surface area contributed by atoms with Gasteiger partial charge in [0.2, 0.25) is 6.10 Å². The minimum atomic E-state index is -1.56. The Hall–Kier alpha value is -3.35. The second-order valence-electron chi connectivity index (χ2n) is 4.69. The first-order valence-electron chi connectivity index (χ1n) is 6.92. The summed E-state index contributed by atoms with van der Waals surface area (Å²) in [7, 11) is 0. The summed E-state index contributed by atoms with van der Waals surface area (Å²) in [5, 5.41) is 9.79. The summed E-state index contributed by atoms with van der Waals surface area (Å²) in [6.07, 6.45) is -1.56. The number of carbonyl (C=O) groups is 3. The summed E-state index contributed by atoms with van der Waals surface area (Å²) in [6, 6.07) is 13.6. The molecule has 0 amide bonds. The van der Waals surface area contributed by atoms with E-state index in [0.717, 1.165) is 6.92 Å². The summed E-state index contributed by atoms with van der Waals surface area (Å²) in [5.41, 5.74) is 0.186. The number of aromatic hydroxyl groups is 1. The van der Waals surface area contributed by atoms with Crippen molar-refractivity contribution in [3.8, 4) is 5.75 Å². The fourth-order valence-corrected chi connectivity index (χ4v) is 1.86. The van der Waals surface area contributed by atoms with Crippen LogP contribution in [0.25, 0.3) is 0 Å². The molecule has 0 saturated heterocycles. The first kappa shape index (κ1) is 17.0. The van der Waals surface area contributed by atoms with Gasteiger partial charge in [-0.15, -0.1) is 0 Å². The molecular formula is C17H14O7. The first-order chi connectivity index (χ1) is 11.5. The second-order valence-corrected chi connectivity index (χ2v) is 4.69. The molecule has 1 N–H and O–H groups in total. The standard InChI is InChI=1S/C17H14O7/c1-11(18)22-15(13-9-5-6-10-14(13)19)17(21)24-23-16(20)12-7-3-2-4-8-12/h2-10,15,19H,1H3. The molecule has 24 heavy (non-hydrogen) atoms. The number of hydrogen-bond donors (Lipinski definition) is 1. The van der Waals surface area contributed by atoms with E-state index >= 15 is 0 Å². The summed E-state index contributed by atoms with van der Waals surface area (Å²) in [4.78, 5) is 43.9. The molecule has 2 aromatic carbocycles. The highest BCUT2D eigenvalue weighted by atomic mass is 17.2. The van der Waals surface area contributed by atoms with Gasteiger partial charge < -0.3 is 9.84 Å². The maximum absolute atomic E-state index is 12.1. The SMILES string of the molecule is CC(=O)OC(C(=O)OOC(=O)c1ccccc1)c1ccccc1O. The van der Waals surface area contributed by atoms with Crippen LogP contribution >= 0.6 is 0 Å². The Morgan fingerprint density at radius 1 is 0.917 bits per heavy atom. The summed E-state index contributed by atoms with van der Waals surface area (Å²) in [6.45, 7) is 1.09. The molecule has 1 atom stereocenters. The lowest BCUT2D eigenvalue weighted by atomic mass is 10.1. The highest BCUT2D eigenvalue weighted by molar-refractivity contribution is 5.89. The van der Waals surface area contributed by atoms with Gasteiger partial charge in [-0.05, 0) is 18.2 Å². The Morgan fingerprint density at radius 2 is 1.54 bits per heavy atom. The molecule has 0 heterocycles. The van der Waals surface area contributed by atoms with Crippen molar-refractivity contribution in [1.82, 2.24) is 0 Å². The van der Waals surface area contributed by atoms with E-state index in [-0.39, 0.29) is 16.9 Å². The van der Waals surface area contributed by atoms with E-state index in [1.54, 1.807) is 18.2 Å². The van der Waals surface area contributed by atoms with Crippen LogP contribution in [-0.4, -0.2) is 23.0 Å². The van der Waals surface area contributed by atoms with Crippen molar-refractivity contribution in [3.05, 3.63) is 65.7 Å². The van der Waals surface area contributed by atoms with Crippen molar-refractivity contribution >= 4 is 17.9 Å². The smallest absolute Gasteiger partial charge is 0.400 e. The molecule has 0 aromatic heterocycles. The monoisotopic (exact) mass is 330 g/mol. The van der Waals surface area contributed by atoms with Crippen LogP contribution in [0.3, 0.4) is 0 Å². The average molecular weight is 330 g/mol. The molecule has 0 saturated carbocycles. The maximum Gasteiger partial charge on any atom is 0.400 e. The van der Waals surface area contributed by atoms with Crippen molar-refractivity contribution < 1.29 is 34.0 Å². The number of benzene rings is 2. The molecule has 1 unspecified atom stereocenters. The quantitative estimate of drug-likeness (QED) is 0.521. The van der Waals surface area contributed by atoms with Gasteiger partial charge in [-0.3, -0.25) is 4.79 Å². The van der Waals surface area contributed by atoms with Gasteiger partial charge in [0.25, 0.3) is 0 Å². The predicted octanol–water partition coefficient (Wildman–Crippen LogP) is 2.31. The minimum absolute atomic E-state index is 0.00783. The normalized spacial score (nSPS) is 11.2. The molecule has 0 fully saturated rings. The molecule has 7 heteroatoms. The third kappa shape index (κ3) is 4.33. The fraction of sp³-hybridized carbons (Fsp3) is 0.118. The van der Waals surface area contributed by atoms with E-state index in [4.69, 9.17) is 4.74 Å². The van der Waals surface area contributed by atoms with Crippen LogP contribution < -0.4 is 0 Å². The van der Waals surface area contributed by atoms with E-state index in [2.05, 4.69) is 9.78 Å². The van der Waals surface area contributed by atoms with Crippen LogP contribution in [0, 0.1) is 0 Å². The summed E-state index contributed by atoms with van der Waals surface area (Å²) >= 11 is 0. The van der Waals surface area contributed by atoms with Gasteiger partial charge in [0.1, 0.15) is 5.75 Å². The number of para-hydroxylation sites is 1. The van der Waals surface area contributed by atoms with Crippen LogP contribution in [0.2, 0.25) is 0 Å². The predicted molar refractivity (Wildman–Crippen MR) is 80.6 cm³/mol. The van der Waals surface area contributed by atoms with E-state index < -0.39 is 24.0 Å². The number of phenols is 1. The zero-order valence-corrected chi connectivity index (χ0v) is 12.7. The van der Waals surface area contributed by atoms with Gasteiger partial charge in [-0.2, -0.15) is 0 Å². The van der Waals surface area contributed by atoms with E-state index in [0.29, 0.717) is 0 Å². The van der Waals surface area contributed by atoms with Gasteiger partial charge in [-0.1, -0.05) is 36.4 Å². The molecule has 0 aliphatic heterocycles. The van der Waals surface area contributed by atoms with Crippen molar-refractivity contribution in [2.45, 2.75) is 13.0 Å². The zero-order valence-electron chi connectivity index (χ0n) is 12.7. The average Bonchev–Trinajstić information content (AvgIpc) is 2.58. The van der Waals surface area contributed by atoms with Gasteiger partial charge in [0.05, 0.1) is 5.56 Å². The lowest BCUT2D eigenvalue weighted by molar-refractivity contribution is -0.243.